The van der Waals surface area contributed by atoms with Crippen molar-refractivity contribution in [1.29, 1.82) is 0 Å². The third kappa shape index (κ3) is 3.91. The van der Waals surface area contributed by atoms with E-state index in [-0.39, 0.29) is 12.3 Å². The van der Waals surface area contributed by atoms with E-state index >= 15 is 0 Å². The van der Waals surface area contributed by atoms with E-state index in [4.69, 9.17) is 10.5 Å². The Morgan fingerprint density at radius 3 is 2.64 bits per heavy atom. The number of ether oxygens (including phenoxy) is 1. The van der Waals surface area contributed by atoms with Crippen molar-refractivity contribution in [1.82, 2.24) is 15.8 Å². The predicted molar refractivity (Wildman–Crippen MR) is 111 cm³/mol. The van der Waals surface area contributed by atoms with E-state index in [1.54, 1.807) is 7.11 Å². The molecule has 3 rings (SSSR count). The summed E-state index contributed by atoms with van der Waals surface area (Å²) in [5.74, 6) is -0.207. The Morgan fingerprint density at radius 2 is 1.93 bits per heavy atom. The molecule has 0 unspecified atom stereocenters. The largest absolute Gasteiger partial charge is 0.496 e. The van der Waals surface area contributed by atoms with Gasteiger partial charge in [0.25, 0.3) is 5.91 Å². The maximum absolute atomic E-state index is 12.5. The number of carbonyl (C=O) groups excluding carboxylic acids is 2. The predicted octanol–water partition coefficient (Wildman–Crippen LogP) is 2.82. The highest BCUT2D eigenvalue weighted by atomic mass is 32.1. The number of nitrogens with one attached hydrogen (secondary N) is 2. The molecule has 2 heterocycles. The molecule has 0 bridgehead atoms. The second-order valence-corrected chi connectivity index (χ2v) is 7.60. The van der Waals surface area contributed by atoms with Crippen LogP contribution >= 0.6 is 11.3 Å². The van der Waals surface area contributed by atoms with Crippen LogP contribution in [0.4, 0.5) is 5.69 Å². The molecule has 3 aromatic rings. The van der Waals surface area contributed by atoms with Gasteiger partial charge in [-0.05, 0) is 38.5 Å². The zero-order valence-corrected chi connectivity index (χ0v) is 17.0. The van der Waals surface area contributed by atoms with E-state index < -0.39 is 5.91 Å². The highest BCUT2D eigenvalue weighted by Gasteiger charge is 2.19. The van der Waals surface area contributed by atoms with E-state index in [0.717, 1.165) is 27.8 Å². The SMILES string of the molecule is COc1ccc(C)cc1CC(=O)NNC(=O)c1sc2nc(C)cc(C)c2c1N. The summed E-state index contributed by atoms with van der Waals surface area (Å²) in [5, 5.41) is 0.775. The zero-order valence-electron chi connectivity index (χ0n) is 16.2. The van der Waals surface area contributed by atoms with Crippen molar-refractivity contribution in [3.05, 3.63) is 51.5 Å². The van der Waals surface area contributed by atoms with Crippen LogP contribution in [0.1, 0.15) is 32.1 Å². The van der Waals surface area contributed by atoms with E-state index in [1.165, 1.54) is 11.3 Å². The van der Waals surface area contributed by atoms with Crippen LogP contribution < -0.4 is 21.3 Å². The van der Waals surface area contributed by atoms with Crippen LogP contribution in [0, 0.1) is 20.8 Å². The molecule has 0 spiro atoms. The number of aromatic nitrogens is 1. The van der Waals surface area contributed by atoms with Gasteiger partial charge in [0.2, 0.25) is 5.91 Å². The second-order valence-electron chi connectivity index (χ2n) is 6.60. The highest BCUT2D eigenvalue weighted by molar-refractivity contribution is 7.21. The average molecular weight is 398 g/mol. The number of hydrogen-bond donors (Lipinski definition) is 3. The summed E-state index contributed by atoms with van der Waals surface area (Å²) in [5.41, 5.74) is 15.0. The van der Waals surface area contributed by atoms with Gasteiger partial charge in [0.05, 0.1) is 19.2 Å². The number of nitrogens with two attached hydrogens (primary N) is 1. The number of carbonyl (C=O) groups is 2. The first kappa shape index (κ1) is 19.6. The van der Waals surface area contributed by atoms with Crippen molar-refractivity contribution >= 4 is 39.1 Å². The molecule has 0 aliphatic heterocycles. The molecule has 0 saturated heterocycles. The minimum absolute atomic E-state index is 0.0763. The van der Waals surface area contributed by atoms with Crippen LogP contribution in [0.3, 0.4) is 0 Å². The van der Waals surface area contributed by atoms with Gasteiger partial charge >= 0.3 is 0 Å². The van der Waals surface area contributed by atoms with E-state index in [9.17, 15) is 9.59 Å². The summed E-state index contributed by atoms with van der Waals surface area (Å²) in [6, 6.07) is 7.51. The molecule has 2 aromatic heterocycles. The number of amides is 2. The fraction of sp³-hybridized carbons (Fsp3) is 0.250. The molecule has 0 saturated carbocycles. The number of methoxy groups -OCH3 is 1. The summed E-state index contributed by atoms with van der Waals surface area (Å²) in [7, 11) is 1.55. The van der Waals surface area contributed by atoms with Gasteiger partial charge in [0, 0.05) is 16.6 Å². The fourth-order valence-electron chi connectivity index (χ4n) is 3.08. The second kappa shape index (κ2) is 7.85. The Hall–Kier alpha value is -3.13. The first-order valence-corrected chi connectivity index (χ1v) is 9.50. The molecule has 146 valence electrons. The molecule has 2 amide bonds. The lowest BCUT2D eigenvalue weighted by Gasteiger charge is -2.10. The van der Waals surface area contributed by atoms with Gasteiger partial charge in [0.1, 0.15) is 15.5 Å². The molecule has 0 aliphatic rings. The Morgan fingerprint density at radius 1 is 1.18 bits per heavy atom. The van der Waals surface area contributed by atoms with Crippen molar-refractivity contribution in [2.24, 2.45) is 0 Å². The molecule has 8 heteroatoms. The Labute approximate surface area is 166 Å². The first-order valence-electron chi connectivity index (χ1n) is 8.69. The van der Waals surface area contributed by atoms with Crippen molar-refractivity contribution in [2.45, 2.75) is 27.2 Å². The maximum atomic E-state index is 12.5. The molecule has 7 nitrogen and oxygen atoms in total. The van der Waals surface area contributed by atoms with E-state index in [2.05, 4.69) is 15.8 Å². The monoisotopic (exact) mass is 398 g/mol. The molecule has 0 aliphatic carbocycles. The van der Waals surface area contributed by atoms with Crippen LogP contribution in [-0.4, -0.2) is 23.9 Å². The van der Waals surface area contributed by atoms with Gasteiger partial charge in [-0.3, -0.25) is 20.4 Å². The third-order valence-electron chi connectivity index (χ3n) is 4.33. The summed E-state index contributed by atoms with van der Waals surface area (Å²) in [6.07, 6.45) is 0.0763. The number of benzene rings is 1. The normalized spacial score (nSPS) is 10.7. The van der Waals surface area contributed by atoms with Crippen molar-refractivity contribution < 1.29 is 14.3 Å². The molecule has 0 fully saturated rings. The van der Waals surface area contributed by atoms with Crippen LogP contribution in [-0.2, 0) is 11.2 Å². The van der Waals surface area contributed by atoms with Crippen LogP contribution in [0.2, 0.25) is 0 Å². The first-order chi connectivity index (χ1) is 13.3. The number of nitrogen functional groups attached to an aromatic ring is 1. The number of fused-ring (bicyclic) bond motifs is 1. The molecular weight excluding hydrogens is 376 g/mol. The minimum atomic E-state index is -0.470. The Bertz CT molecular complexity index is 1070. The summed E-state index contributed by atoms with van der Waals surface area (Å²) >= 11 is 1.20. The average Bonchev–Trinajstić information content (AvgIpc) is 2.96. The van der Waals surface area contributed by atoms with Crippen LogP contribution in [0.15, 0.2) is 24.3 Å². The summed E-state index contributed by atoms with van der Waals surface area (Å²) in [6.45, 7) is 5.76. The molecular formula is C20H22N4O3S. The van der Waals surface area contributed by atoms with Gasteiger partial charge < -0.3 is 10.5 Å². The molecule has 0 radical (unpaired) electrons. The number of hydrogen-bond acceptors (Lipinski definition) is 6. The topological polar surface area (TPSA) is 106 Å². The highest BCUT2D eigenvalue weighted by Crippen LogP contribution is 2.34. The van der Waals surface area contributed by atoms with Gasteiger partial charge in [-0.1, -0.05) is 17.7 Å². The van der Waals surface area contributed by atoms with Gasteiger partial charge in [-0.25, -0.2) is 4.98 Å². The van der Waals surface area contributed by atoms with Crippen molar-refractivity contribution in [3.8, 4) is 5.75 Å². The number of thiophene rings is 1. The van der Waals surface area contributed by atoms with Crippen LogP contribution in [0.25, 0.3) is 10.2 Å². The number of pyridine rings is 1. The molecule has 4 N–H and O–H groups in total. The van der Waals surface area contributed by atoms with Crippen LogP contribution in [0.5, 0.6) is 5.75 Å². The van der Waals surface area contributed by atoms with E-state index in [1.807, 2.05) is 45.0 Å². The molecule has 1 aromatic carbocycles. The Kier molecular flexibility index (Phi) is 5.51. The van der Waals surface area contributed by atoms with Gasteiger partial charge in [0.15, 0.2) is 0 Å². The third-order valence-corrected chi connectivity index (χ3v) is 5.43. The van der Waals surface area contributed by atoms with E-state index in [0.29, 0.717) is 21.1 Å². The number of rotatable bonds is 4. The Balaban J connectivity index is 1.72. The summed E-state index contributed by atoms with van der Waals surface area (Å²) in [4.78, 5) is 30.2. The lowest BCUT2D eigenvalue weighted by atomic mass is 10.1. The number of nitrogens with zero attached hydrogens (tertiary/aromatic N) is 1. The number of aryl methyl sites for hydroxylation is 3. The summed E-state index contributed by atoms with van der Waals surface area (Å²) < 4.78 is 5.28. The van der Waals surface area contributed by atoms with Crippen molar-refractivity contribution in [3.63, 3.8) is 0 Å². The van der Waals surface area contributed by atoms with Crippen molar-refractivity contribution in [2.75, 3.05) is 12.8 Å². The lowest BCUT2D eigenvalue weighted by Crippen LogP contribution is -2.42. The lowest BCUT2D eigenvalue weighted by molar-refractivity contribution is -0.121. The quantitative estimate of drug-likeness (QED) is 0.586. The zero-order chi connectivity index (χ0) is 20.4. The van der Waals surface area contributed by atoms with Gasteiger partial charge in [-0.2, -0.15) is 0 Å². The number of anilines is 1. The number of hydrazine groups is 1. The molecule has 0 atom stereocenters. The standard InChI is InChI=1S/C20H22N4O3S/c1-10-5-6-14(27-4)13(7-10)9-15(25)23-24-19(26)18-17(21)16-11(2)8-12(3)22-20(16)28-18/h5-8H,9,21H2,1-4H3,(H,23,25)(H,24,26). The molecule has 28 heavy (non-hydrogen) atoms. The smallest absolute Gasteiger partial charge is 0.281 e. The van der Waals surface area contributed by atoms with Gasteiger partial charge in [-0.15, -0.1) is 11.3 Å². The maximum Gasteiger partial charge on any atom is 0.281 e. The minimum Gasteiger partial charge on any atom is -0.496 e. The fourth-order valence-corrected chi connectivity index (χ4v) is 4.20.